The Labute approximate surface area is 160 Å². The van der Waals surface area contributed by atoms with Crippen molar-refractivity contribution in [1.29, 1.82) is 0 Å². The maximum atomic E-state index is 6.66. The van der Waals surface area contributed by atoms with Crippen LogP contribution in [-0.2, 0) is 10.3 Å². The van der Waals surface area contributed by atoms with Crippen molar-refractivity contribution < 1.29 is 9.47 Å². The fraction of sp³-hybridized carbons (Fsp3) is 0.130. The predicted molar refractivity (Wildman–Crippen MR) is 108 cm³/mol. The topological polar surface area (TPSA) is 18.5 Å². The van der Waals surface area contributed by atoms with Crippen molar-refractivity contribution in [3.63, 3.8) is 0 Å². The van der Waals surface area contributed by atoms with Crippen LogP contribution in [0.15, 0.2) is 84.6 Å². The standard InChI is InChI=1S/C23H20O2.ClH/c1-17-13-14-21-18(15-17)16-22(24-2)23(25-21,19-9-5-3-6-10-19)20-11-7-4-8-12-20;/h3-16H,1-2H3;1H. The molecular formula is C23H21ClO2. The number of benzene rings is 3. The Morgan fingerprint density at radius 3 is 1.92 bits per heavy atom. The molecule has 3 heteroatoms. The Morgan fingerprint density at radius 1 is 0.808 bits per heavy atom. The Hall–Kier alpha value is -2.71. The van der Waals surface area contributed by atoms with E-state index in [2.05, 4.69) is 49.4 Å². The molecule has 0 N–H and O–H groups in total. The van der Waals surface area contributed by atoms with Gasteiger partial charge in [0.15, 0.2) is 0 Å². The zero-order valence-electron chi connectivity index (χ0n) is 14.8. The van der Waals surface area contributed by atoms with Gasteiger partial charge in [-0.1, -0.05) is 72.3 Å². The van der Waals surface area contributed by atoms with Crippen molar-refractivity contribution in [2.75, 3.05) is 7.11 Å². The summed E-state index contributed by atoms with van der Waals surface area (Å²) in [6.07, 6.45) is 2.09. The first-order valence-corrected chi connectivity index (χ1v) is 8.41. The molecule has 0 saturated heterocycles. The molecule has 26 heavy (non-hydrogen) atoms. The molecule has 1 aliphatic rings. The van der Waals surface area contributed by atoms with Crippen molar-refractivity contribution in [1.82, 2.24) is 0 Å². The quantitative estimate of drug-likeness (QED) is 0.590. The van der Waals surface area contributed by atoms with E-state index in [1.54, 1.807) is 7.11 Å². The predicted octanol–water partition coefficient (Wildman–Crippen LogP) is 5.74. The average molecular weight is 365 g/mol. The Kier molecular flexibility index (Phi) is 5.06. The zero-order chi connectivity index (χ0) is 17.3. The van der Waals surface area contributed by atoms with E-state index in [-0.39, 0.29) is 12.4 Å². The van der Waals surface area contributed by atoms with Crippen LogP contribution in [0.5, 0.6) is 5.75 Å². The Balaban J connectivity index is 0.00000196. The summed E-state index contributed by atoms with van der Waals surface area (Å²) in [6.45, 7) is 2.08. The molecule has 0 unspecified atom stereocenters. The molecule has 0 radical (unpaired) electrons. The van der Waals surface area contributed by atoms with Gasteiger partial charge in [-0.3, -0.25) is 0 Å². The van der Waals surface area contributed by atoms with Gasteiger partial charge in [0, 0.05) is 16.7 Å². The van der Waals surface area contributed by atoms with Crippen LogP contribution < -0.4 is 4.74 Å². The van der Waals surface area contributed by atoms with Gasteiger partial charge in [-0.2, -0.15) is 0 Å². The highest BCUT2D eigenvalue weighted by molar-refractivity contribution is 5.85. The van der Waals surface area contributed by atoms with Gasteiger partial charge in [-0.05, 0) is 25.1 Å². The lowest BCUT2D eigenvalue weighted by atomic mass is 9.82. The number of hydrogen-bond donors (Lipinski definition) is 0. The van der Waals surface area contributed by atoms with E-state index >= 15 is 0 Å². The first kappa shape index (κ1) is 18.1. The second kappa shape index (κ2) is 7.27. The van der Waals surface area contributed by atoms with Crippen LogP contribution in [-0.4, -0.2) is 7.11 Å². The normalized spacial score (nSPS) is 14.3. The van der Waals surface area contributed by atoms with Gasteiger partial charge in [0.2, 0.25) is 5.60 Å². The third kappa shape index (κ3) is 2.87. The summed E-state index contributed by atoms with van der Waals surface area (Å²) in [5.41, 5.74) is 3.53. The summed E-state index contributed by atoms with van der Waals surface area (Å²) in [7, 11) is 1.70. The number of ether oxygens (including phenoxy) is 2. The number of hydrogen-bond acceptors (Lipinski definition) is 2. The molecule has 0 spiro atoms. The molecule has 3 aromatic rings. The van der Waals surface area contributed by atoms with Crippen LogP contribution in [0.25, 0.3) is 6.08 Å². The van der Waals surface area contributed by atoms with Crippen LogP contribution in [0.4, 0.5) is 0 Å². The minimum Gasteiger partial charge on any atom is -0.496 e. The molecule has 0 amide bonds. The molecule has 0 bridgehead atoms. The first-order chi connectivity index (χ1) is 12.2. The van der Waals surface area contributed by atoms with Crippen molar-refractivity contribution in [2.24, 2.45) is 0 Å². The number of halogens is 1. The van der Waals surface area contributed by atoms with Gasteiger partial charge >= 0.3 is 0 Å². The molecular weight excluding hydrogens is 344 g/mol. The maximum absolute atomic E-state index is 6.66. The molecule has 1 aliphatic heterocycles. The second-order valence-electron chi connectivity index (χ2n) is 6.27. The van der Waals surface area contributed by atoms with Crippen molar-refractivity contribution in [3.8, 4) is 5.75 Å². The maximum Gasteiger partial charge on any atom is 0.215 e. The Morgan fingerprint density at radius 2 is 1.38 bits per heavy atom. The Bertz CT molecular complexity index is 878. The highest BCUT2D eigenvalue weighted by Gasteiger charge is 2.44. The van der Waals surface area contributed by atoms with E-state index in [9.17, 15) is 0 Å². The van der Waals surface area contributed by atoms with Crippen molar-refractivity contribution in [3.05, 3.63) is 107 Å². The summed E-state index contributed by atoms with van der Waals surface area (Å²) < 4.78 is 12.5. The lowest BCUT2D eigenvalue weighted by molar-refractivity contribution is 0.0758. The third-order valence-electron chi connectivity index (χ3n) is 4.64. The molecule has 0 fully saturated rings. The minimum atomic E-state index is -0.792. The SMILES string of the molecule is COC1=Cc2cc(C)ccc2OC1(c1ccccc1)c1ccccc1.Cl. The number of methoxy groups -OCH3 is 1. The van der Waals surface area contributed by atoms with Gasteiger partial charge in [0.25, 0.3) is 0 Å². The van der Waals surface area contributed by atoms with Crippen LogP contribution in [0.2, 0.25) is 0 Å². The van der Waals surface area contributed by atoms with Crippen LogP contribution in [0.3, 0.4) is 0 Å². The molecule has 2 nitrogen and oxygen atoms in total. The van der Waals surface area contributed by atoms with E-state index in [0.717, 1.165) is 28.2 Å². The van der Waals surface area contributed by atoms with E-state index in [4.69, 9.17) is 9.47 Å². The molecule has 132 valence electrons. The molecule has 0 atom stereocenters. The van der Waals surface area contributed by atoms with E-state index in [0.29, 0.717) is 0 Å². The summed E-state index contributed by atoms with van der Waals surface area (Å²) in [4.78, 5) is 0. The van der Waals surface area contributed by atoms with Crippen LogP contribution in [0.1, 0.15) is 22.3 Å². The lowest BCUT2D eigenvalue weighted by Gasteiger charge is -2.39. The molecule has 0 aromatic heterocycles. The monoisotopic (exact) mass is 364 g/mol. The van der Waals surface area contributed by atoms with E-state index < -0.39 is 5.60 Å². The van der Waals surface area contributed by atoms with Gasteiger partial charge < -0.3 is 9.47 Å². The van der Waals surface area contributed by atoms with Gasteiger partial charge in [0.1, 0.15) is 11.5 Å². The second-order valence-corrected chi connectivity index (χ2v) is 6.27. The third-order valence-corrected chi connectivity index (χ3v) is 4.64. The number of aryl methyl sites for hydroxylation is 1. The van der Waals surface area contributed by atoms with Gasteiger partial charge in [0.05, 0.1) is 7.11 Å². The molecule has 3 aromatic carbocycles. The van der Waals surface area contributed by atoms with Gasteiger partial charge in [-0.15, -0.1) is 12.4 Å². The van der Waals surface area contributed by atoms with E-state index in [1.807, 2.05) is 42.5 Å². The lowest BCUT2D eigenvalue weighted by Crippen LogP contribution is -2.39. The minimum absolute atomic E-state index is 0. The van der Waals surface area contributed by atoms with Crippen molar-refractivity contribution in [2.45, 2.75) is 12.5 Å². The average Bonchev–Trinajstić information content (AvgIpc) is 2.68. The molecule has 0 aliphatic carbocycles. The fourth-order valence-electron chi connectivity index (χ4n) is 3.45. The fourth-order valence-corrected chi connectivity index (χ4v) is 3.45. The van der Waals surface area contributed by atoms with Crippen LogP contribution in [0, 0.1) is 6.92 Å². The molecule has 1 heterocycles. The largest absolute Gasteiger partial charge is 0.496 e. The molecule has 0 saturated carbocycles. The van der Waals surface area contributed by atoms with Crippen LogP contribution >= 0.6 is 12.4 Å². The van der Waals surface area contributed by atoms with Gasteiger partial charge in [-0.25, -0.2) is 0 Å². The van der Waals surface area contributed by atoms with Crippen molar-refractivity contribution >= 4 is 18.5 Å². The zero-order valence-corrected chi connectivity index (χ0v) is 15.6. The number of fused-ring (bicyclic) bond motifs is 1. The smallest absolute Gasteiger partial charge is 0.215 e. The summed E-state index contributed by atoms with van der Waals surface area (Å²) in [5.74, 6) is 1.64. The van der Waals surface area contributed by atoms with E-state index in [1.165, 1.54) is 5.56 Å². The summed E-state index contributed by atoms with van der Waals surface area (Å²) >= 11 is 0. The first-order valence-electron chi connectivity index (χ1n) is 8.41. The highest BCUT2D eigenvalue weighted by Crippen LogP contribution is 2.46. The number of rotatable bonds is 3. The molecule has 4 rings (SSSR count). The summed E-state index contributed by atoms with van der Waals surface area (Å²) in [5, 5.41) is 0. The highest BCUT2D eigenvalue weighted by atomic mass is 35.5. The summed E-state index contributed by atoms with van der Waals surface area (Å²) in [6, 6.07) is 26.7.